The molecule has 0 unspecified atom stereocenters. The molecule has 0 aliphatic carbocycles. The number of nitrogens with zero attached hydrogens (tertiary/aromatic N) is 4. The summed E-state index contributed by atoms with van der Waals surface area (Å²) in [7, 11) is 0. The monoisotopic (exact) mass is 339 g/mol. The van der Waals surface area contributed by atoms with Crippen LogP contribution in [-0.4, -0.2) is 14.9 Å². The summed E-state index contributed by atoms with van der Waals surface area (Å²) in [5.74, 6) is -0.370. The van der Waals surface area contributed by atoms with Gasteiger partial charge in [-0.15, -0.1) is 5.11 Å². The van der Waals surface area contributed by atoms with Gasteiger partial charge in [0.25, 0.3) is 0 Å². The molecule has 0 aliphatic rings. The van der Waals surface area contributed by atoms with E-state index in [2.05, 4.69) is 15.3 Å². The molecule has 2 N–H and O–H groups in total. The third-order valence-electron chi connectivity index (χ3n) is 3.41. The predicted octanol–water partition coefficient (Wildman–Crippen LogP) is 4.50. The minimum Gasteiger partial charge on any atom is -0.374 e. The predicted molar refractivity (Wildman–Crippen MR) is 95.2 cm³/mol. The van der Waals surface area contributed by atoms with Crippen LogP contribution in [0.1, 0.15) is 5.69 Å². The first-order valence-electron chi connectivity index (χ1n) is 7.18. The maximum atomic E-state index is 13.3. The molecule has 0 atom stereocenters. The van der Waals surface area contributed by atoms with Gasteiger partial charge in [0.1, 0.15) is 17.2 Å². The van der Waals surface area contributed by atoms with Crippen LogP contribution in [0.4, 0.5) is 15.8 Å². The van der Waals surface area contributed by atoms with E-state index in [1.54, 1.807) is 19.1 Å². The van der Waals surface area contributed by atoms with Gasteiger partial charge in [0.15, 0.2) is 5.11 Å². The molecule has 1 aromatic heterocycles. The Morgan fingerprint density at radius 2 is 1.88 bits per heavy atom. The second kappa shape index (κ2) is 6.67. The molecule has 3 aromatic rings. The molecule has 0 bridgehead atoms. The van der Waals surface area contributed by atoms with Crippen LogP contribution in [0.2, 0.25) is 0 Å². The van der Waals surface area contributed by atoms with Crippen molar-refractivity contribution in [1.82, 2.24) is 9.78 Å². The first-order chi connectivity index (χ1) is 11.6. The fourth-order valence-corrected chi connectivity index (χ4v) is 2.44. The Hall–Kier alpha value is -2.93. The molecule has 0 radical (unpaired) electrons. The zero-order valence-corrected chi connectivity index (χ0v) is 13.7. The molecule has 1 heterocycles. The van der Waals surface area contributed by atoms with Crippen molar-refractivity contribution >= 4 is 28.7 Å². The highest BCUT2D eigenvalue weighted by molar-refractivity contribution is 7.80. The van der Waals surface area contributed by atoms with Crippen molar-refractivity contribution in [3.63, 3.8) is 0 Å². The average molecular weight is 339 g/mol. The lowest BCUT2D eigenvalue weighted by molar-refractivity contribution is 0.628. The number of rotatable bonds is 3. The summed E-state index contributed by atoms with van der Waals surface area (Å²) in [5.41, 5.74) is 8.81. The molecule has 0 fully saturated rings. The van der Waals surface area contributed by atoms with Crippen molar-refractivity contribution in [2.75, 3.05) is 0 Å². The molecule has 2 aromatic carbocycles. The van der Waals surface area contributed by atoms with Crippen molar-refractivity contribution < 1.29 is 4.39 Å². The van der Waals surface area contributed by atoms with Gasteiger partial charge in [-0.3, -0.25) is 0 Å². The third kappa shape index (κ3) is 3.21. The van der Waals surface area contributed by atoms with E-state index in [0.29, 0.717) is 22.8 Å². The van der Waals surface area contributed by atoms with E-state index in [1.807, 2.05) is 30.3 Å². The van der Waals surface area contributed by atoms with Crippen molar-refractivity contribution in [2.45, 2.75) is 6.92 Å². The van der Waals surface area contributed by atoms with Gasteiger partial charge in [-0.1, -0.05) is 36.4 Å². The molecule has 3 rings (SSSR count). The summed E-state index contributed by atoms with van der Waals surface area (Å²) >= 11 is 5.02. The van der Waals surface area contributed by atoms with E-state index in [-0.39, 0.29) is 10.9 Å². The topological polar surface area (TPSA) is 68.6 Å². The van der Waals surface area contributed by atoms with Gasteiger partial charge in [0, 0.05) is 11.6 Å². The second-order valence-corrected chi connectivity index (χ2v) is 5.50. The largest absolute Gasteiger partial charge is 0.374 e. The van der Waals surface area contributed by atoms with E-state index in [1.165, 1.54) is 16.8 Å². The lowest BCUT2D eigenvalue weighted by Crippen LogP contribution is -2.21. The molecule has 7 heteroatoms. The quantitative estimate of drug-likeness (QED) is 0.564. The Balaban J connectivity index is 2.10. The van der Waals surface area contributed by atoms with Crippen molar-refractivity contribution in [3.8, 4) is 11.3 Å². The molecule has 120 valence electrons. The van der Waals surface area contributed by atoms with Crippen LogP contribution >= 0.6 is 12.2 Å². The zero-order chi connectivity index (χ0) is 17.1. The number of azo groups is 1. The van der Waals surface area contributed by atoms with Gasteiger partial charge in [0.05, 0.1) is 11.4 Å². The van der Waals surface area contributed by atoms with E-state index in [4.69, 9.17) is 18.0 Å². The zero-order valence-electron chi connectivity index (χ0n) is 12.8. The Morgan fingerprint density at radius 1 is 1.12 bits per heavy atom. The van der Waals surface area contributed by atoms with Crippen molar-refractivity contribution in [3.05, 3.63) is 66.1 Å². The van der Waals surface area contributed by atoms with Gasteiger partial charge in [-0.25, -0.2) is 9.07 Å². The molecule has 0 saturated carbocycles. The fraction of sp³-hybridized carbons (Fsp3) is 0.0588. The van der Waals surface area contributed by atoms with E-state index in [0.717, 1.165) is 5.56 Å². The van der Waals surface area contributed by atoms with Gasteiger partial charge in [-0.05, 0) is 31.3 Å². The van der Waals surface area contributed by atoms with Crippen molar-refractivity contribution in [2.24, 2.45) is 16.0 Å². The lowest BCUT2D eigenvalue weighted by Gasteiger charge is -1.98. The van der Waals surface area contributed by atoms with Gasteiger partial charge >= 0.3 is 0 Å². The van der Waals surface area contributed by atoms with Crippen LogP contribution in [-0.2, 0) is 0 Å². The molecule has 5 nitrogen and oxygen atoms in total. The minimum absolute atomic E-state index is 0.122. The highest BCUT2D eigenvalue weighted by atomic mass is 32.1. The molecule has 0 aliphatic heterocycles. The molecule has 0 amide bonds. The molecular weight excluding hydrogens is 325 g/mol. The van der Waals surface area contributed by atoms with Crippen LogP contribution in [0.5, 0.6) is 0 Å². The smallest absolute Gasteiger partial charge is 0.191 e. The number of hydrogen-bond acceptors (Lipinski definition) is 4. The Kier molecular flexibility index (Phi) is 4.43. The standard InChI is InChI=1S/C17H14FN5S/c1-11-15(21-20-14-9-5-8-13(18)10-14)16(22-23(11)17(19)24)12-6-3-2-4-7-12/h2-10H,1H3,(H2,19,24). The molecular formula is C17H14FN5S. The number of benzene rings is 2. The Bertz CT molecular complexity index is 918. The summed E-state index contributed by atoms with van der Waals surface area (Å²) in [6.45, 7) is 1.80. The number of hydrogen-bond donors (Lipinski definition) is 1. The first-order valence-corrected chi connectivity index (χ1v) is 7.59. The fourth-order valence-electron chi connectivity index (χ4n) is 2.26. The number of nitrogens with two attached hydrogens (primary N) is 1. The van der Waals surface area contributed by atoms with Crippen LogP contribution in [0, 0.1) is 12.7 Å². The average Bonchev–Trinajstić information content (AvgIpc) is 2.91. The molecule has 24 heavy (non-hydrogen) atoms. The first kappa shape index (κ1) is 15.9. The van der Waals surface area contributed by atoms with Crippen LogP contribution in [0.3, 0.4) is 0 Å². The van der Waals surface area contributed by atoms with Gasteiger partial charge < -0.3 is 5.73 Å². The summed E-state index contributed by atoms with van der Waals surface area (Å²) in [6.07, 6.45) is 0. The molecule has 0 saturated heterocycles. The van der Waals surface area contributed by atoms with Gasteiger partial charge in [0.2, 0.25) is 0 Å². The molecule has 0 spiro atoms. The third-order valence-corrected chi connectivity index (χ3v) is 3.59. The maximum absolute atomic E-state index is 13.3. The summed E-state index contributed by atoms with van der Waals surface area (Å²) in [4.78, 5) is 0. The summed E-state index contributed by atoms with van der Waals surface area (Å²) < 4.78 is 14.7. The summed E-state index contributed by atoms with van der Waals surface area (Å²) in [5, 5.41) is 12.9. The number of halogens is 1. The number of thiocarbonyl (C=S) groups is 1. The normalized spacial score (nSPS) is 11.1. The van der Waals surface area contributed by atoms with E-state index in [9.17, 15) is 4.39 Å². The second-order valence-electron chi connectivity index (χ2n) is 5.08. The highest BCUT2D eigenvalue weighted by Gasteiger charge is 2.17. The van der Waals surface area contributed by atoms with E-state index < -0.39 is 0 Å². The van der Waals surface area contributed by atoms with Crippen molar-refractivity contribution in [1.29, 1.82) is 0 Å². The Labute approximate surface area is 143 Å². The highest BCUT2D eigenvalue weighted by Crippen LogP contribution is 2.33. The van der Waals surface area contributed by atoms with Crippen LogP contribution < -0.4 is 5.73 Å². The van der Waals surface area contributed by atoms with E-state index >= 15 is 0 Å². The summed E-state index contributed by atoms with van der Waals surface area (Å²) in [6, 6.07) is 15.4. The SMILES string of the molecule is Cc1c(N=Nc2cccc(F)c2)c(-c2ccccc2)nn1C(N)=S. The minimum atomic E-state index is -0.370. The number of aromatic nitrogens is 2. The Morgan fingerprint density at radius 3 is 2.54 bits per heavy atom. The van der Waals surface area contributed by atoms with Crippen LogP contribution in [0.15, 0.2) is 64.8 Å². The maximum Gasteiger partial charge on any atom is 0.191 e. The van der Waals surface area contributed by atoms with Crippen LogP contribution in [0.25, 0.3) is 11.3 Å². The van der Waals surface area contributed by atoms with Gasteiger partial charge in [-0.2, -0.15) is 10.2 Å². The lowest BCUT2D eigenvalue weighted by atomic mass is 10.1.